The van der Waals surface area contributed by atoms with Gasteiger partial charge in [0.15, 0.2) is 0 Å². The van der Waals surface area contributed by atoms with Gasteiger partial charge >= 0.3 is 5.69 Å². The number of aromatic nitrogens is 2. The lowest BCUT2D eigenvalue weighted by Gasteiger charge is -2.34. The second-order valence-corrected chi connectivity index (χ2v) is 6.38. The summed E-state index contributed by atoms with van der Waals surface area (Å²) in [5, 5.41) is 2.04. The first kappa shape index (κ1) is 15.5. The molecule has 2 aromatic rings. The first-order chi connectivity index (χ1) is 11.0. The number of nitrogen functional groups attached to an aromatic ring is 1. The van der Waals surface area contributed by atoms with Crippen molar-refractivity contribution in [3.8, 4) is 0 Å². The van der Waals surface area contributed by atoms with E-state index in [1.807, 2.05) is 16.4 Å². The van der Waals surface area contributed by atoms with Crippen molar-refractivity contribution in [2.24, 2.45) is 0 Å². The summed E-state index contributed by atoms with van der Waals surface area (Å²) in [6.45, 7) is 3.38. The van der Waals surface area contributed by atoms with Crippen molar-refractivity contribution in [3.05, 3.63) is 48.9 Å². The Labute approximate surface area is 135 Å². The number of carbonyl (C=O) groups is 1. The molecule has 0 saturated carbocycles. The fraction of sp³-hybridized carbons (Fsp3) is 0.357. The molecule has 0 aliphatic carbocycles. The van der Waals surface area contributed by atoms with Gasteiger partial charge in [0.2, 0.25) is 0 Å². The zero-order chi connectivity index (χ0) is 16.4. The number of anilines is 1. The van der Waals surface area contributed by atoms with Gasteiger partial charge in [0.1, 0.15) is 11.4 Å². The third-order valence-corrected chi connectivity index (χ3v) is 4.67. The van der Waals surface area contributed by atoms with Crippen LogP contribution in [0.1, 0.15) is 15.4 Å². The topological polar surface area (TPSA) is 115 Å². The molecule has 9 heteroatoms. The summed E-state index contributed by atoms with van der Waals surface area (Å²) in [7, 11) is 0. The molecule has 0 bridgehead atoms. The number of thiophene rings is 1. The maximum atomic E-state index is 12.5. The van der Waals surface area contributed by atoms with E-state index in [1.165, 1.54) is 4.88 Å². The van der Waals surface area contributed by atoms with Crippen molar-refractivity contribution in [2.45, 2.75) is 6.54 Å². The number of aromatic amines is 2. The fourth-order valence-electron chi connectivity index (χ4n) is 2.55. The minimum atomic E-state index is -0.742. The molecule has 122 valence electrons. The lowest BCUT2D eigenvalue weighted by atomic mass is 10.2. The summed E-state index contributed by atoms with van der Waals surface area (Å²) in [4.78, 5) is 44.8. The SMILES string of the molecule is Nc1c(C(=O)N2CCN(Cc3cccs3)CC2)[nH]c(=O)[nH]c1=O. The van der Waals surface area contributed by atoms with Crippen molar-refractivity contribution in [3.63, 3.8) is 0 Å². The highest BCUT2D eigenvalue weighted by Gasteiger charge is 2.25. The number of amides is 1. The largest absolute Gasteiger partial charge is 0.392 e. The summed E-state index contributed by atoms with van der Waals surface area (Å²) in [5.41, 5.74) is 3.74. The summed E-state index contributed by atoms with van der Waals surface area (Å²) in [5.74, 6) is -0.415. The molecule has 0 aromatic carbocycles. The molecule has 0 unspecified atom stereocenters. The molecule has 0 radical (unpaired) electrons. The predicted octanol–water partition coefficient (Wildman–Crippen LogP) is -0.335. The molecule has 0 spiro atoms. The Morgan fingerprint density at radius 2 is 1.96 bits per heavy atom. The second-order valence-electron chi connectivity index (χ2n) is 5.34. The van der Waals surface area contributed by atoms with Crippen molar-refractivity contribution >= 4 is 22.9 Å². The minimum Gasteiger partial charge on any atom is -0.392 e. The Bertz CT molecular complexity index is 803. The van der Waals surface area contributed by atoms with Crippen molar-refractivity contribution in [2.75, 3.05) is 31.9 Å². The van der Waals surface area contributed by atoms with Gasteiger partial charge in [-0.3, -0.25) is 19.5 Å². The molecule has 1 amide bonds. The van der Waals surface area contributed by atoms with Crippen LogP contribution < -0.4 is 17.0 Å². The van der Waals surface area contributed by atoms with Crippen LogP contribution in [0.25, 0.3) is 0 Å². The second kappa shape index (κ2) is 6.39. The molecule has 8 nitrogen and oxygen atoms in total. The molecule has 1 aliphatic rings. The maximum Gasteiger partial charge on any atom is 0.326 e. The molecule has 1 fully saturated rings. The quantitative estimate of drug-likeness (QED) is 0.710. The van der Waals surface area contributed by atoms with Gasteiger partial charge in [-0.2, -0.15) is 0 Å². The number of nitrogens with zero attached hydrogens (tertiary/aromatic N) is 2. The number of H-pyrrole nitrogens is 2. The van der Waals surface area contributed by atoms with Crippen LogP contribution in [0.2, 0.25) is 0 Å². The molecule has 23 heavy (non-hydrogen) atoms. The molecule has 1 saturated heterocycles. The van der Waals surface area contributed by atoms with Crippen molar-refractivity contribution in [1.82, 2.24) is 19.8 Å². The summed E-state index contributed by atoms with van der Waals surface area (Å²) in [6, 6.07) is 4.11. The highest BCUT2D eigenvalue weighted by molar-refractivity contribution is 7.09. The van der Waals surface area contributed by atoms with Gasteiger partial charge in [0.25, 0.3) is 11.5 Å². The molecule has 4 N–H and O–H groups in total. The molecule has 1 aliphatic heterocycles. The van der Waals surface area contributed by atoms with Crippen LogP contribution in [0.4, 0.5) is 5.69 Å². The molecule has 3 heterocycles. The Hall–Kier alpha value is -2.39. The van der Waals surface area contributed by atoms with Crippen LogP contribution >= 0.6 is 11.3 Å². The number of hydrogen-bond acceptors (Lipinski definition) is 6. The van der Waals surface area contributed by atoms with E-state index in [-0.39, 0.29) is 11.4 Å². The van der Waals surface area contributed by atoms with Crippen LogP contribution in [-0.4, -0.2) is 51.9 Å². The van der Waals surface area contributed by atoms with Gasteiger partial charge in [-0.25, -0.2) is 4.79 Å². The smallest absolute Gasteiger partial charge is 0.326 e. The highest BCUT2D eigenvalue weighted by atomic mass is 32.1. The molecule has 3 rings (SSSR count). The third kappa shape index (κ3) is 3.35. The first-order valence-electron chi connectivity index (χ1n) is 7.20. The third-order valence-electron chi connectivity index (χ3n) is 3.81. The number of nitrogens with one attached hydrogen (secondary N) is 2. The van der Waals surface area contributed by atoms with E-state index in [9.17, 15) is 14.4 Å². The van der Waals surface area contributed by atoms with Gasteiger partial charge in [-0.15, -0.1) is 11.3 Å². The van der Waals surface area contributed by atoms with E-state index in [2.05, 4.69) is 16.0 Å². The first-order valence-corrected chi connectivity index (χ1v) is 8.08. The highest BCUT2D eigenvalue weighted by Crippen LogP contribution is 2.14. The van der Waals surface area contributed by atoms with Crippen LogP contribution in [0.3, 0.4) is 0 Å². The van der Waals surface area contributed by atoms with E-state index < -0.39 is 17.2 Å². The lowest BCUT2D eigenvalue weighted by Crippen LogP contribution is -2.49. The zero-order valence-corrected chi connectivity index (χ0v) is 13.2. The Balaban J connectivity index is 1.67. The summed E-state index contributed by atoms with van der Waals surface area (Å²) in [6.07, 6.45) is 0. The average Bonchev–Trinajstić information content (AvgIpc) is 3.04. The van der Waals surface area contributed by atoms with Gasteiger partial charge in [0, 0.05) is 37.6 Å². The molecule has 0 atom stereocenters. The monoisotopic (exact) mass is 335 g/mol. The van der Waals surface area contributed by atoms with E-state index in [4.69, 9.17) is 5.73 Å². The van der Waals surface area contributed by atoms with Gasteiger partial charge < -0.3 is 15.6 Å². The van der Waals surface area contributed by atoms with E-state index in [0.717, 1.165) is 19.6 Å². The number of carbonyl (C=O) groups excluding carboxylic acids is 1. The zero-order valence-electron chi connectivity index (χ0n) is 12.4. The van der Waals surface area contributed by atoms with Crippen LogP contribution in [-0.2, 0) is 6.54 Å². The molecular weight excluding hydrogens is 318 g/mol. The summed E-state index contributed by atoms with van der Waals surface area (Å²) >= 11 is 1.71. The number of piperazine rings is 1. The van der Waals surface area contributed by atoms with E-state index in [1.54, 1.807) is 16.2 Å². The number of rotatable bonds is 3. The lowest BCUT2D eigenvalue weighted by molar-refractivity contribution is 0.0624. The Morgan fingerprint density at radius 1 is 1.22 bits per heavy atom. The Morgan fingerprint density at radius 3 is 2.61 bits per heavy atom. The van der Waals surface area contributed by atoms with Crippen LogP contribution in [0.5, 0.6) is 0 Å². The standard InChI is InChI=1S/C14H17N5O3S/c15-10-11(16-14(22)17-12(10)20)13(21)19-5-3-18(4-6-19)8-9-2-1-7-23-9/h1-2,7H,3-6,8,15H2,(H2,16,17,20,22). The van der Waals surface area contributed by atoms with Crippen molar-refractivity contribution in [1.29, 1.82) is 0 Å². The van der Waals surface area contributed by atoms with Crippen molar-refractivity contribution < 1.29 is 4.79 Å². The fourth-order valence-corrected chi connectivity index (χ4v) is 3.30. The predicted molar refractivity (Wildman–Crippen MR) is 87.6 cm³/mol. The van der Waals surface area contributed by atoms with Gasteiger partial charge in [0.05, 0.1) is 0 Å². The summed E-state index contributed by atoms with van der Waals surface area (Å²) < 4.78 is 0. The number of nitrogens with two attached hydrogens (primary N) is 1. The average molecular weight is 335 g/mol. The van der Waals surface area contributed by atoms with Crippen LogP contribution in [0.15, 0.2) is 27.1 Å². The normalized spacial score (nSPS) is 15.7. The van der Waals surface area contributed by atoms with Crippen LogP contribution in [0, 0.1) is 0 Å². The minimum absolute atomic E-state index is 0.134. The maximum absolute atomic E-state index is 12.5. The molecular formula is C14H17N5O3S. The van der Waals surface area contributed by atoms with E-state index >= 15 is 0 Å². The number of hydrogen-bond donors (Lipinski definition) is 3. The molecule has 2 aromatic heterocycles. The van der Waals surface area contributed by atoms with E-state index in [0.29, 0.717) is 13.1 Å². The Kier molecular flexibility index (Phi) is 4.30. The van der Waals surface area contributed by atoms with Gasteiger partial charge in [-0.1, -0.05) is 6.07 Å². The van der Waals surface area contributed by atoms with Gasteiger partial charge in [-0.05, 0) is 11.4 Å².